The molecule has 0 saturated carbocycles. The fraction of sp³-hybridized carbons (Fsp3) is 0.600. The van der Waals surface area contributed by atoms with Gasteiger partial charge in [0, 0.05) is 0 Å². The topological polar surface area (TPSA) is 0 Å². The maximum atomic E-state index is 2.95. The number of benzene rings is 2. The average molecular weight is 794 g/mol. The zero-order chi connectivity index (χ0) is 35.8. The summed E-state index contributed by atoms with van der Waals surface area (Å²) in [7, 11) is -9.32. The van der Waals surface area contributed by atoms with Crippen LogP contribution in [0.3, 0.4) is 0 Å². The van der Waals surface area contributed by atoms with Crippen molar-refractivity contribution in [3.8, 4) is 0 Å². The normalized spacial score (nSPS) is 22.7. The van der Waals surface area contributed by atoms with Crippen molar-refractivity contribution >= 4 is 66.1 Å². The summed E-state index contributed by atoms with van der Waals surface area (Å²) in [6, 6.07) is 17.5. The van der Waals surface area contributed by atoms with E-state index in [2.05, 4.69) is 182 Å². The Hall–Kier alpha value is -0.236. The van der Waals surface area contributed by atoms with Crippen LogP contribution >= 0.6 is 0 Å². The Balaban J connectivity index is 2.26. The van der Waals surface area contributed by atoms with Crippen molar-refractivity contribution in [1.29, 1.82) is 0 Å². The minimum atomic E-state index is -2.88. The van der Waals surface area contributed by atoms with E-state index in [0.717, 1.165) is 15.5 Å². The van der Waals surface area contributed by atoms with Gasteiger partial charge in [-0.25, -0.2) is 0 Å². The standard InChI is InChI=1S/C40H72GeSi6/c1-42(2,3)38(43(4,5)6)33-28-34(39(44(7,8)9)45(10,11)12)37(35(29-33)40(46(13,14)15)47(16,17)18)41-26-24-32(25-27-41)36(30-41)31-22-20-19-21-23-31/h19-29,32,36,38-40H,30H2,1-18H3/t32?,36-,41?/m0/s1. The predicted molar refractivity (Wildman–Crippen MR) is 236 cm³/mol. The van der Waals surface area contributed by atoms with Gasteiger partial charge in [0.25, 0.3) is 0 Å². The molecule has 2 aromatic rings. The third-order valence-corrected chi connectivity index (χ3v) is 48.0. The first-order chi connectivity index (χ1) is 21.1. The van der Waals surface area contributed by atoms with Gasteiger partial charge in [0.2, 0.25) is 0 Å². The quantitative estimate of drug-likeness (QED) is 0.199. The first-order valence-electron chi connectivity index (χ1n) is 18.7. The number of hydrogen-bond acceptors (Lipinski definition) is 0. The van der Waals surface area contributed by atoms with E-state index >= 15 is 0 Å². The molecule has 3 aliphatic heterocycles. The Labute approximate surface area is 301 Å². The van der Waals surface area contributed by atoms with Crippen molar-refractivity contribution in [2.75, 3.05) is 0 Å². The zero-order valence-corrected chi connectivity index (χ0v) is 42.0. The van der Waals surface area contributed by atoms with E-state index in [0.29, 0.717) is 11.8 Å². The van der Waals surface area contributed by atoms with Crippen LogP contribution in [0.25, 0.3) is 0 Å². The van der Waals surface area contributed by atoms with E-state index in [1.807, 2.05) is 15.5 Å². The molecular formula is C40H72GeSi6. The fourth-order valence-corrected chi connectivity index (χ4v) is 61.0. The first kappa shape index (κ1) is 39.5. The van der Waals surface area contributed by atoms with E-state index in [9.17, 15) is 0 Å². The Morgan fingerprint density at radius 3 is 1.21 bits per heavy atom. The Morgan fingerprint density at radius 1 is 0.511 bits per heavy atom. The van der Waals surface area contributed by atoms with Crippen LogP contribution < -0.4 is 4.40 Å². The van der Waals surface area contributed by atoms with Gasteiger partial charge in [-0.15, -0.1) is 0 Å². The molecule has 0 spiro atoms. The molecule has 0 saturated heterocycles. The second-order valence-corrected chi connectivity index (χ2v) is 63.4. The number of rotatable bonds is 11. The molecule has 0 nitrogen and oxygen atoms in total. The molecular weight excluding hydrogens is 722 g/mol. The molecule has 0 N–H and O–H groups in total. The Morgan fingerprint density at radius 2 is 0.872 bits per heavy atom. The summed E-state index contributed by atoms with van der Waals surface area (Å²) >= 11 is -2.88. The summed E-state index contributed by atoms with van der Waals surface area (Å²) in [6.45, 7) is 48.7. The molecule has 0 aromatic heterocycles. The van der Waals surface area contributed by atoms with Crippen LogP contribution in [-0.2, 0) is 0 Å². The van der Waals surface area contributed by atoms with Gasteiger partial charge in [-0.1, -0.05) is 0 Å². The van der Waals surface area contributed by atoms with Crippen molar-refractivity contribution < 1.29 is 0 Å². The van der Waals surface area contributed by atoms with Crippen molar-refractivity contribution in [1.82, 2.24) is 0 Å². The molecule has 1 atom stereocenters. The van der Waals surface area contributed by atoms with Gasteiger partial charge in [-0.3, -0.25) is 0 Å². The van der Waals surface area contributed by atoms with E-state index in [-0.39, 0.29) is 0 Å². The molecule has 5 rings (SSSR count). The summed E-state index contributed by atoms with van der Waals surface area (Å²) in [5.41, 5.74) is 7.12. The van der Waals surface area contributed by atoms with Crippen molar-refractivity contribution in [3.05, 3.63) is 86.7 Å². The van der Waals surface area contributed by atoms with Crippen molar-refractivity contribution in [2.45, 2.75) is 145 Å². The van der Waals surface area contributed by atoms with Gasteiger partial charge < -0.3 is 0 Å². The summed E-state index contributed by atoms with van der Waals surface area (Å²) in [5.74, 6) is 1.17. The molecule has 3 heterocycles. The molecule has 3 aliphatic rings. The second kappa shape index (κ2) is 13.1. The fourth-order valence-electron chi connectivity index (χ4n) is 11.5. The van der Waals surface area contributed by atoms with Gasteiger partial charge in [0.05, 0.1) is 0 Å². The van der Waals surface area contributed by atoms with E-state index in [1.54, 1.807) is 11.1 Å². The SMILES string of the molecule is C[Si](C)(C)C(c1cc(C([Si](C)(C)C)[Si](C)(C)C)[c]([Ge]23[CH]=CC(C=[CH]2)[C@H](c2ccccc2)[CH2]3)c(C([Si](C)(C)C)[Si](C)(C)C)c1)[Si](C)(C)C. The van der Waals surface area contributed by atoms with Crippen molar-refractivity contribution in [3.63, 3.8) is 0 Å². The third kappa shape index (κ3) is 8.30. The molecule has 0 amide bonds. The molecule has 2 bridgehead atoms. The molecule has 2 aromatic carbocycles. The van der Waals surface area contributed by atoms with Crippen LogP contribution in [0, 0.1) is 5.92 Å². The van der Waals surface area contributed by atoms with Gasteiger partial charge in [-0.05, 0) is 0 Å². The number of fused-ring (bicyclic) bond motifs is 1. The van der Waals surface area contributed by atoms with Gasteiger partial charge in [0.1, 0.15) is 0 Å². The number of allylic oxidation sites excluding steroid dienone is 2. The van der Waals surface area contributed by atoms with Gasteiger partial charge in [-0.2, -0.15) is 0 Å². The zero-order valence-electron chi connectivity index (χ0n) is 33.9. The summed E-state index contributed by atoms with van der Waals surface area (Å²) in [4.78, 5) is 5.80. The van der Waals surface area contributed by atoms with Crippen molar-refractivity contribution in [2.24, 2.45) is 5.92 Å². The monoisotopic (exact) mass is 794 g/mol. The van der Waals surface area contributed by atoms with Crippen LogP contribution in [0.4, 0.5) is 0 Å². The Kier molecular flexibility index (Phi) is 11.0. The van der Waals surface area contributed by atoms with Crippen LogP contribution in [0.5, 0.6) is 0 Å². The van der Waals surface area contributed by atoms with Crippen LogP contribution in [-0.4, -0.2) is 61.7 Å². The molecule has 0 unspecified atom stereocenters. The molecule has 0 radical (unpaired) electrons. The first-order valence-corrected chi connectivity index (χ1v) is 45.1. The number of hydrogen-bond donors (Lipinski definition) is 0. The molecule has 260 valence electrons. The van der Waals surface area contributed by atoms with E-state index in [4.69, 9.17) is 0 Å². The molecule has 7 heteroatoms. The van der Waals surface area contributed by atoms with Gasteiger partial charge >= 0.3 is 303 Å². The summed E-state index contributed by atoms with van der Waals surface area (Å²) in [6.07, 6.45) is 5.40. The third-order valence-electron chi connectivity index (χ3n) is 11.3. The predicted octanol–water partition coefficient (Wildman–Crippen LogP) is 12.5. The Bertz CT molecular complexity index is 1370. The van der Waals surface area contributed by atoms with Crippen LogP contribution in [0.1, 0.15) is 43.7 Å². The van der Waals surface area contributed by atoms with Gasteiger partial charge in [0.15, 0.2) is 0 Å². The second-order valence-electron chi connectivity index (χ2n) is 22.1. The van der Waals surface area contributed by atoms with Crippen LogP contribution in [0.2, 0.25) is 123 Å². The molecule has 0 aliphatic carbocycles. The molecule has 0 fully saturated rings. The van der Waals surface area contributed by atoms with E-state index in [1.165, 1.54) is 5.25 Å². The summed E-state index contributed by atoms with van der Waals surface area (Å²) in [5, 5.41) is 3.67. The maximum absolute atomic E-state index is 2.95. The van der Waals surface area contributed by atoms with E-state index < -0.39 is 61.7 Å². The average Bonchev–Trinajstić information content (AvgIpc) is 2.84. The molecule has 47 heavy (non-hydrogen) atoms. The minimum absolute atomic E-state index is 0.550. The van der Waals surface area contributed by atoms with Crippen LogP contribution in [0.15, 0.2) is 64.4 Å². The summed E-state index contributed by atoms with van der Waals surface area (Å²) < 4.78 is 1.97.